The number of hydrogen-bond acceptors (Lipinski definition) is 5. The van der Waals surface area contributed by atoms with E-state index in [0.717, 1.165) is 5.56 Å². The van der Waals surface area contributed by atoms with Crippen molar-refractivity contribution in [3.8, 4) is 0 Å². The van der Waals surface area contributed by atoms with E-state index >= 15 is 0 Å². The van der Waals surface area contributed by atoms with Crippen LogP contribution in [0.2, 0.25) is 10.0 Å². The molecule has 8 nitrogen and oxygen atoms in total. The first kappa shape index (κ1) is 28.6. The molecule has 0 spiro atoms. The van der Waals surface area contributed by atoms with Crippen molar-refractivity contribution in [1.29, 1.82) is 0 Å². The van der Waals surface area contributed by atoms with Gasteiger partial charge >= 0.3 is 0 Å². The van der Waals surface area contributed by atoms with Crippen molar-refractivity contribution in [2.75, 3.05) is 13.1 Å². The number of carbonyl (C=O) groups excluding carboxylic acids is 3. The van der Waals surface area contributed by atoms with Crippen LogP contribution in [0.25, 0.3) is 0 Å². The smallest absolute Gasteiger partial charge is 0.269 e. The molecule has 0 saturated heterocycles. The monoisotopic (exact) mass is 587 g/mol. The highest BCUT2D eigenvalue weighted by molar-refractivity contribution is 7.90. The number of rotatable bonds is 10. The average Bonchev–Trinajstić information content (AvgIpc) is 3.11. The van der Waals surface area contributed by atoms with Gasteiger partial charge in [0, 0.05) is 35.1 Å². The number of amides is 3. The van der Waals surface area contributed by atoms with Gasteiger partial charge in [-0.15, -0.1) is 0 Å². The van der Waals surface area contributed by atoms with Crippen LogP contribution in [0.4, 0.5) is 0 Å². The minimum atomic E-state index is -4.25. The first-order valence-corrected chi connectivity index (χ1v) is 14.5. The molecule has 3 amide bonds. The van der Waals surface area contributed by atoms with Crippen molar-refractivity contribution in [3.63, 3.8) is 0 Å². The van der Waals surface area contributed by atoms with Crippen LogP contribution in [0.1, 0.15) is 34.8 Å². The van der Waals surface area contributed by atoms with Gasteiger partial charge < -0.3 is 10.2 Å². The number of fused-ring (bicyclic) bond motifs is 1. The van der Waals surface area contributed by atoms with Crippen LogP contribution in [0.15, 0.2) is 77.7 Å². The molecular weight excluding hydrogens is 561 g/mol. The van der Waals surface area contributed by atoms with Gasteiger partial charge in [0.2, 0.25) is 11.8 Å². The zero-order chi connectivity index (χ0) is 28.2. The van der Waals surface area contributed by atoms with E-state index < -0.39 is 40.3 Å². The molecule has 1 atom stereocenters. The van der Waals surface area contributed by atoms with E-state index in [1.807, 2.05) is 37.3 Å². The second-order valence-corrected chi connectivity index (χ2v) is 11.7. The average molecular weight is 589 g/mol. The van der Waals surface area contributed by atoms with Crippen LogP contribution in [-0.4, -0.2) is 54.5 Å². The van der Waals surface area contributed by atoms with Crippen LogP contribution < -0.4 is 5.32 Å². The maximum absolute atomic E-state index is 13.9. The van der Waals surface area contributed by atoms with Gasteiger partial charge in [-0.3, -0.25) is 14.4 Å². The topological polar surface area (TPSA) is 104 Å². The summed E-state index contributed by atoms with van der Waals surface area (Å²) in [5.74, 6) is -1.97. The molecule has 0 radical (unpaired) electrons. The van der Waals surface area contributed by atoms with E-state index in [4.69, 9.17) is 23.2 Å². The summed E-state index contributed by atoms with van der Waals surface area (Å²) < 4.78 is 26.9. The number of nitrogens with one attached hydrogen (secondary N) is 1. The first-order valence-electron chi connectivity index (χ1n) is 12.3. The van der Waals surface area contributed by atoms with Gasteiger partial charge in [-0.2, -0.15) is 0 Å². The predicted octanol–water partition coefficient (Wildman–Crippen LogP) is 4.30. The molecule has 0 aliphatic carbocycles. The van der Waals surface area contributed by atoms with E-state index in [1.165, 1.54) is 23.1 Å². The maximum atomic E-state index is 13.9. The highest BCUT2D eigenvalue weighted by Gasteiger charge is 2.43. The van der Waals surface area contributed by atoms with E-state index in [2.05, 4.69) is 5.32 Å². The Labute approximate surface area is 237 Å². The third-order valence-corrected chi connectivity index (χ3v) is 8.90. The summed E-state index contributed by atoms with van der Waals surface area (Å²) in [6.45, 7) is 1.32. The summed E-state index contributed by atoms with van der Waals surface area (Å²) in [4.78, 5) is 41.5. The summed E-state index contributed by atoms with van der Waals surface area (Å²) in [5, 5.41) is 3.40. The quantitative estimate of drug-likeness (QED) is 0.381. The Kier molecular flexibility index (Phi) is 8.94. The molecule has 1 N–H and O–H groups in total. The summed E-state index contributed by atoms with van der Waals surface area (Å²) in [6.07, 6.45) is 0.817. The fraction of sp³-hybridized carbons (Fsp3) is 0.250. The summed E-state index contributed by atoms with van der Waals surface area (Å²) in [5.41, 5.74) is 1.18. The molecule has 3 aromatic carbocycles. The number of halogens is 2. The fourth-order valence-electron chi connectivity index (χ4n) is 4.37. The van der Waals surface area contributed by atoms with Gasteiger partial charge in [-0.25, -0.2) is 12.7 Å². The second-order valence-electron chi connectivity index (χ2n) is 9.03. The normalized spacial score (nSPS) is 14.5. The van der Waals surface area contributed by atoms with Crippen molar-refractivity contribution in [2.45, 2.75) is 37.2 Å². The number of hydrogen-bond donors (Lipinski definition) is 1. The first-order chi connectivity index (χ1) is 18.6. The fourth-order valence-corrected chi connectivity index (χ4v) is 6.41. The van der Waals surface area contributed by atoms with Crippen LogP contribution in [0, 0.1) is 0 Å². The Morgan fingerprint density at radius 1 is 0.949 bits per heavy atom. The molecule has 0 saturated carbocycles. The maximum Gasteiger partial charge on any atom is 0.269 e. The molecule has 1 heterocycles. The van der Waals surface area contributed by atoms with Crippen molar-refractivity contribution in [1.82, 2.24) is 14.5 Å². The van der Waals surface area contributed by atoms with Crippen molar-refractivity contribution < 1.29 is 22.8 Å². The van der Waals surface area contributed by atoms with Crippen LogP contribution in [0.5, 0.6) is 0 Å². The van der Waals surface area contributed by atoms with Gasteiger partial charge in [0.25, 0.3) is 15.9 Å². The number of carbonyl (C=O) groups is 3. The molecule has 1 aliphatic heterocycles. The summed E-state index contributed by atoms with van der Waals surface area (Å²) in [7, 11) is -4.25. The standard InChI is InChI=1S/C28H27Cl2N3O5S/c1-2-15-31-27(35)24(16-19-9-4-3-5-10-19)32(17-21-22(29)12-8-13-23(21)30)26(34)18-33-28(36)20-11-6-7-14-25(20)39(33,37)38/h3-14,24H,2,15-18H2,1H3,(H,31,35)/t24-/m1/s1. The lowest BCUT2D eigenvalue weighted by Crippen LogP contribution is -2.53. The van der Waals surface area contributed by atoms with Crippen LogP contribution >= 0.6 is 23.2 Å². The number of nitrogens with zero attached hydrogens (tertiary/aromatic N) is 2. The molecule has 1 aliphatic rings. The lowest BCUT2D eigenvalue weighted by molar-refractivity contribution is -0.141. The molecular formula is C28H27Cl2N3O5S. The minimum absolute atomic E-state index is 0.00692. The number of benzene rings is 3. The molecule has 204 valence electrons. The Bertz CT molecular complexity index is 1480. The molecule has 0 aromatic heterocycles. The Balaban J connectivity index is 1.74. The summed E-state index contributed by atoms with van der Waals surface area (Å²) in [6, 6.07) is 18.8. The molecule has 11 heteroatoms. The predicted molar refractivity (Wildman–Crippen MR) is 149 cm³/mol. The van der Waals surface area contributed by atoms with Gasteiger partial charge in [-0.05, 0) is 36.2 Å². The molecule has 0 bridgehead atoms. The zero-order valence-corrected chi connectivity index (χ0v) is 23.5. The van der Waals surface area contributed by atoms with E-state index in [9.17, 15) is 22.8 Å². The lowest BCUT2D eigenvalue weighted by atomic mass is 10.0. The van der Waals surface area contributed by atoms with Crippen molar-refractivity contribution >= 4 is 50.9 Å². The Morgan fingerprint density at radius 2 is 1.59 bits per heavy atom. The lowest BCUT2D eigenvalue weighted by Gasteiger charge is -2.33. The molecule has 4 rings (SSSR count). The van der Waals surface area contributed by atoms with Crippen LogP contribution in [-0.2, 0) is 32.6 Å². The Hall–Kier alpha value is -3.40. The number of sulfonamides is 1. The molecule has 0 fully saturated rings. The minimum Gasteiger partial charge on any atom is -0.354 e. The zero-order valence-electron chi connectivity index (χ0n) is 21.1. The molecule has 0 unspecified atom stereocenters. The van der Waals surface area contributed by atoms with Gasteiger partial charge in [0.15, 0.2) is 0 Å². The summed E-state index contributed by atoms with van der Waals surface area (Å²) >= 11 is 12.8. The van der Waals surface area contributed by atoms with Gasteiger partial charge in [-0.1, -0.05) is 78.7 Å². The second kappa shape index (κ2) is 12.2. The highest BCUT2D eigenvalue weighted by atomic mass is 35.5. The van der Waals surface area contributed by atoms with Crippen LogP contribution in [0.3, 0.4) is 0 Å². The van der Waals surface area contributed by atoms with Crippen molar-refractivity contribution in [3.05, 3.63) is 99.5 Å². The third kappa shape index (κ3) is 6.11. The van der Waals surface area contributed by atoms with Gasteiger partial charge in [0.1, 0.15) is 17.5 Å². The largest absolute Gasteiger partial charge is 0.354 e. The molecule has 39 heavy (non-hydrogen) atoms. The van der Waals surface area contributed by atoms with E-state index in [-0.39, 0.29) is 33.5 Å². The SMILES string of the molecule is CCCNC(=O)[C@@H](Cc1ccccc1)N(Cc1c(Cl)cccc1Cl)C(=O)CN1C(=O)c2ccccc2S1(=O)=O. The van der Waals surface area contributed by atoms with E-state index in [0.29, 0.717) is 22.8 Å². The van der Waals surface area contributed by atoms with Gasteiger partial charge in [0.05, 0.1) is 5.56 Å². The van der Waals surface area contributed by atoms with E-state index in [1.54, 1.807) is 24.3 Å². The highest BCUT2D eigenvalue weighted by Crippen LogP contribution is 2.31. The molecule has 3 aromatic rings. The van der Waals surface area contributed by atoms with Crippen molar-refractivity contribution in [2.24, 2.45) is 0 Å². The Morgan fingerprint density at radius 3 is 2.23 bits per heavy atom. The third-order valence-electron chi connectivity index (χ3n) is 6.40.